The molecule has 112 valence electrons. The second-order valence-corrected chi connectivity index (χ2v) is 6.46. The van der Waals surface area contributed by atoms with Crippen molar-refractivity contribution in [3.8, 4) is 5.75 Å². The van der Waals surface area contributed by atoms with E-state index in [0.717, 1.165) is 12.0 Å². The van der Waals surface area contributed by atoms with Gasteiger partial charge in [0, 0.05) is 0 Å². The molecule has 0 unspecified atom stereocenters. The van der Waals surface area contributed by atoms with E-state index in [0.29, 0.717) is 17.9 Å². The lowest BCUT2D eigenvalue weighted by Gasteiger charge is -2.09. The zero-order chi connectivity index (χ0) is 15.5. The molecule has 0 saturated heterocycles. The molecule has 0 amide bonds. The minimum absolute atomic E-state index is 0.127. The fourth-order valence-corrected chi connectivity index (χ4v) is 2.83. The summed E-state index contributed by atoms with van der Waals surface area (Å²) in [7, 11) is -3.68. The van der Waals surface area contributed by atoms with Crippen molar-refractivity contribution in [3.63, 3.8) is 0 Å². The maximum Gasteiger partial charge on any atom is 0.238 e. The Hall–Kier alpha value is -1.85. The standard InChI is InChI=1S/C16H19NO3S/c1-3-13-4-6-14(7-5-13)11-20-15-8-9-16(12(2)10-15)21(17,18)19/h4-10H,3,11H2,1-2H3,(H2,17,18,19). The Bertz CT molecular complexity index is 722. The van der Waals surface area contributed by atoms with Crippen molar-refractivity contribution >= 4 is 10.0 Å². The predicted molar refractivity (Wildman–Crippen MR) is 82.7 cm³/mol. The number of aryl methyl sites for hydroxylation is 2. The predicted octanol–water partition coefficient (Wildman–Crippen LogP) is 2.78. The average Bonchev–Trinajstić information content (AvgIpc) is 2.44. The number of benzene rings is 2. The molecule has 0 aromatic heterocycles. The van der Waals surface area contributed by atoms with Gasteiger partial charge in [0.2, 0.25) is 10.0 Å². The highest BCUT2D eigenvalue weighted by molar-refractivity contribution is 7.89. The number of nitrogens with two attached hydrogens (primary N) is 1. The van der Waals surface area contributed by atoms with Crippen LogP contribution in [-0.4, -0.2) is 8.42 Å². The van der Waals surface area contributed by atoms with Crippen LogP contribution in [0, 0.1) is 6.92 Å². The molecule has 0 bridgehead atoms. The van der Waals surface area contributed by atoms with Crippen molar-refractivity contribution in [3.05, 3.63) is 59.2 Å². The second kappa shape index (κ2) is 6.28. The molecular formula is C16H19NO3S. The van der Waals surface area contributed by atoms with Crippen LogP contribution in [-0.2, 0) is 23.1 Å². The molecule has 2 N–H and O–H groups in total. The molecule has 5 heteroatoms. The minimum atomic E-state index is -3.68. The zero-order valence-corrected chi connectivity index (χ0v) is 13.0. The third kappa shape index (κ3) is 4.06. The molecule has 0 spiro atoms. The quantitative estimate of drug-likeness (QED) is 0.923. The smallest absolute Gasteiger partial charge is 0.238 e. The minimum Gasteiger partial charge on any atom is -0.489 e. The molecule has 0 fully saturated rings. The van der Waals surface area contributed by atoms with Crippen LogP contribution in [0.4, 0.5) is 0 Å². The van der Waals surface area contributed by atoms with Gasteiger partial charge in [0.05, 0.1) is 4.90 Å². The second-order valence-electron chi connectivity index (χ2n) is 4.93. The molecule has 2 rings (SSSR count). The molecule has 0 saturated carbocycles. The van der Waals surface area contributed by atoms with Crippen molar-refractivity contribution in [2.75, 3.05) is 0 Å². The number of hydrogen-bond acceptors (Lipinski definition) is 3. The SMILES string of the molecule is CCc1ccc(COc2ccc(S(N)(=O)=O)c(C)c2)cc1. The van der Waals surface area contributed by atoms with E-state index in [2.05, 4.69) is 19.1 Å². The monoisotopic (exact) mass is 305 g/mol. The first-order chi connectivity index (χ1) is 9.90. The van der Waals surface area contributed by atoms with Crippen LogP contribution in [0.2, 0.25) is 0 Å². The number of sulfonamides is 1. The Labute approximate surface area is 125 Å². The number of rotatable bonds is 5. The Morgan fingerprint density at radius 2 is 1.67 bits per heavy atom. The van der Waals surface area contributed by atoms with Crippen LogP contribution < -0.4 is 9.88 Å². The molecule has 21 heavy (non-hydrogen) atoms. The molecule has 0 atom stereocenters. The summed E-state index contributed by atoms with van der Waals surface area (Å²) in [5, 5.41) is 5.13. The summed E-state index contributed by atoms with van der Waals surface area (Å²) in [4.78, 5) is 0.127. The van der Waals surface area contributed by atoms with E-state index in [1.54, 1.807) is 19.1 Å². The van der Waals surface area contributed by atoms with Crippen molar-refractivity contribution in [2.45, 2.75) is 31.8 Å². The van der Waals surface area contributed by atoms with Crippen LogP contribution in [0.5, 0.6) is 5.75 Å². The fraction of sp³-hybridized carbons (Fsp3) is 0.250. The number of hydrogen-bond donors (Lipinski definition) is 1. The van der Waals surface area contributed by atoms with Gasteiger partial charge in [-0.2, -0.15) is 0 Å². The van der Waals surface area contributed by atoms with E-state index in [1.807, 2.05) is 12.1 Å². The fourth-order valence-electron chi connectivity index (χ4n) is 2.07. The van der Waals surface area contributed by atoms with Crippen molar-refractivity contribution in [1.82, 2.24) is 0 Å². The van der Waals surface area contributed by atoms with Crippen molar-refractivity contribution < 1.29 is 13.2 Å². The Balaban J connectivity index is 2.08. The molecule has 0 radical (unpaired) electrons. The lowest BCUT2D eigenvalue weighted by atomic mass is 10.1. The Morgan fingerprint density at radius 1 is 1.05 bits per heavy atom. The molecule has 2 aromatic carbocycles. The molecule has 0 aliphatic carbocycles. The summed E-state index contributed by atoms with van der Waals surface area (Å²) in [5.41, 5.74) is 2.93. The van der Waals surface area contributed by atoms with E-state index in [4.69, 9.17) is 9.88 Å². The van der Waals surface area contributed by atoms with E-state index in [1.165, 1.54) is 11.6 Å². The summed E-state index contributed by atoms with van der Waals surface area (Å²) in [5.74, 6) is 0.625. The highest BCUT2D eigenvalue weighted by Gasteiger charge is 2.11. The lowest BCUT2D eigenvalue weighted by molar-refractivity contribution is 0.306. The van der Waals surface area contributed by atoms with Gasteiger partial charge in [0.25, 0.3) is 0 Å². The summed E-state index contributed by atoms with van der Waals surface area (Å²) < 4.78 is 28.4. The third-order valence-corrected chi connectivity index (χ3v) is 4.36. The highest BCUT2D eigenvalue weighted by Crippen LogP contribution is 2.21. The van der Waals surface area contributed by atoms with Gasteiger partial charge in [-0.1, -0.05) is 31.2 Å². The maximum atomic E-state index is 11.3. The van der Waals surface area contributed by atoms with E-state index < -0.39 is 10.0 Å². The third-order valence-electron chi connectivity index (χ3n) is 3.29. The first kappa shape index (κ1) is 15.5. The van der Waals surface area contributed by atoms with Crippen LogP contribution in [0.1, 0.15) is 23.6 Å². The number of primary sulfonamides is 1. The first-order valence-electron chi connectivity index (χ1n) is 6.74. The topological polar surface area (TPSA) is 69.4 Å². The first-order valence-corrected chi connectivity index (χ1v) is 8.29. The van der Waals surface area contributed by atoms with Gasteiger partial charge in [-0.05, 0) is 48.2 Å². The number of ether oxygens (including phenoxy) is 1. The normalized spacial score (nSPS) is 11.4. The maximum absolute atomic E-state index is 11.3. The molecule has 0 aliphatic rings. The summed E-state index contributed by atoms with van der Waals surface area (Å²) in [6.07, 6.45) is 1.01. The van der Waals surface area contributed by atoms with E-state index in [-0.39, 0.29) is 4.90 Å². The van der Waals surface area contributed by atoms with Gasteiger partial charge >= 0.3 is 0 Å². The van der Waals surface area contributed by atoms with Crippen molar-refractivity contribution in [1.29, 1.82) is 0 Å². The van der Waals surface area contributed by atoms with Crippen LogP contribution >= 0.6 is 0 Å². The van der Waals surface area contributed by atoms with Gasteiger partial charge in [-0.3, -0.25) is 0 Å². The van der Waals surface area contributed by atoms with Gasteiger partial charge in [0.1, 0.15) is 12.4 Å². The summed E-state index contributed by atoms with van der Waals surface area (Å²) >= 11 is 0. The van der Waals surface area contributed by atoms with E-state index >= 15 is 0 Å². The Morgan fingerprint density at radius 3 is 2.19 bits per heavy atom. The summed E-state index contributed by atoms with van der Waals surface area (Å²) in [6.45, 7) is 4.25. The molecular weight excluding hydrogens is 286 g/mol. The summed E-state index contributed by atoms with van der Waals surface area (Å²) in [6, 6.07) is 13.0. The lowest BCUT2D eigenvalue weighted by Crippen LogP contribution is -2.13. The zero-order valence-electron chi connectivity index (χ0n) is 12.2. The molecule has 2 aromatic rings. The van der Waals surface area contributed by atoms with Gasteiger partial charge in [-0.25, -0.2) is 13.6 Å². The average molecular weight is 305 g/mol. The largest absolute Gasteiger partial charge is 0.489 e. The van der Waals surface area contributed by atoms with E-state index in [9.17, 15) is 8.42 Å². The van der Waals surface area contributed by atoms with Crippen LogP contribution in [0.25, 0.3) is 0 Å². The molecule has 0 heterocycles. The van der Waals surface area contributed by atoms with Gasteiger partial charge in [0.15, 0.2) is 0 Å². The van der Waals surface area contributed by atoms with Crippen LogP contribution in [0.3, 0.4) is 0 Å². The van der Waals surface area contributed by atoms with Gasteiger partial charge in [-0.15, -0.1) is 0 Å². The Kier molecular flexibility index (Phi) is 4.65. The highest BCUT2D eigenvalue weighted by atomic mass is 32.2. The van der Waals surface area contributed by atoms with Crippen molar-refractivity contribution in [2.24, 2.45) is 5.14 Å². The molecule has 4 nitrogen and oxygen atoms in total. The molecule has 0 aliphatic heterocycles. The van der Waals surface area contributed by atoms with Gasteiger partial charge < -0.3 is 4.74 Å². The van der Waals surface area contributed by atoms with Crippen LogP contribution in [0.15, 0.2) is 47.4 Å².